The van der Waals surface area contributed by atoms with Gasteiger partial charge in [-0.2, -0.15) is 0 Å². The molecule has 3 heteroatoms. The highest BCUT2D eigenvalue weighted by Gasteiger charge is 2.35. The van der Waals surface area contributed by atoms with Crippen LogP contribution in [0, 0.1) is 0 Å². The van der Waals surface area contributed by atoms with E-state index in [1.165, 1.54) is 105 Å². The second-order valence-corrected chi connectivity index (χ2v) is 17.5. The van der Waals surface area contributed by atoms with E-state index in [-0.39, 0.29) is 5.41 Å². The number of halogens is 1. The lowest BCUT2D eigenvalue weighted by molar-refractivity contribution is 0.660. The molecule has 1 aliphatic rings. The van der Waals surface area contributed by atoms with Crippen molar-refractivity contribution < 1.29 is 0 Å². The predicted octanol–water partition coefficient (Wildman–Crippen LogP) is 16.0. The molecule has 9 aromatic carbocycles. The molecule has 11 aromatic rings. The number of fused-ring (bicyclic) bond motifs is 9. The molecule has 0 atom stereocenters. The van der Waals surface area contributed by atoms with E-state index in [1.54, 1.807) is 0 Å². The van der Waals surface area contributed by atoms with Gasteiger partial charge in [0.2, 0.25) is 0 Å². The van der Waals surface area contributed by atoms with Crippen molar-refractivity contribution in [2.45, 2.75) is 19.3 Å². The van der Waals surface area contributed by atoms with E-state index in [2.05, 4.69) is 239 Å². The second kappa shape index (κ2) is 13.3. The van der Waals surface area contributed by atoms with Crippen molar-refractivity contribution in [3.63, 3.8) is 0 Å². The van der Waals surface area contributed by atoms with Crippen molar-refractivity contribution in [3.05, 3.63) is 216 Å². The molecule has 2 heterocycles. The minimum Gasteiger partial charge on any atom is -0.309 e. The third-order valence-corrected chi connectivity index (χ3v) is 13.7. The van der Waals surface area contributed by atoms with Crippen molar-refractivity contribution in [1.29, 1.82) is 0 Å². The smallest absolute Gasteiger partial charge is 0.0541 e. The van der Waals surface area contributed by atoms with Crippen molar-refractivity contribution in [2.24, 2.45) is 0 Å². The number of rotatable bonds is 5. The van der Waals surface area contributed by atoms with Crippen LogP contribution in [0.4, 0.5) is 0 Å². The molecule has 0 amide bonds. The maximum atomic E-state index is 3.89. The summed E-state index contributed by atoms with van der Waals surface area (Å²) in [6.07, 6.45) is 0. The fourth-order valence-electron chi connectivity index (χ4n) is 10.1. The van der Waals surface area contributed by atoms with Gasteiger partial charge in [-0.15, -0.1) is 0 Å². The van der Waals surface area contributed by atoms with Gasteiger partial charge in [-0.1, -0.05) is 145 Å². The Balaban J connectivity index is 1.04. The molecule has 0 saturated carbocycles. The minimum absolute atomic E-state index is 0.0320. The Labute approximate surface area is 357 Å². The monoisotopic (exact) mass is 830 g/mol. The van der Waals surface area contributed by atoms with Gasteiger partial charge in [-0.05, 0) is 141 Å². The van der Waals surface area contributed by atoms with Gasteiger partial charge in [0.15, 0.2) is 0 Å². The number of benzene rings is 9. The Morgan fingerprint density at radius 1 is 0.333 bits per heavy atom. The summed E-state index contributed by atoms with van der Waals surface area (Å²) in [6.45, 7) is 4.69. The van der Waals surface area contributed by atoms with Crippen LogP contribution in [0.3, 0.4) is 0 Å². The molecule has 284 valence electrons. The van der Waals surface area contributed by atoms with Gasteiger partial charge in [-0.25, -0.2) is 0 Å². The van der Waals surface area contributed by atoms with Crippen LogP contribution >= 0.6 is 15.9 Å². The van der Waals surface area contributed by atoms with Gasteiger partial charge in [0, 0.05) is 42.8 Å². The van der Waals surface area contributed by atoms with Gasteiger partial charge < -0.3 is 9.13 Å². The van der Waals surface area contributed by atoms with Crippen LogP contribution in [-0.4, -0.2) is 9.13 Å². The maximum Gasteiger partial charge on any atom is 0.0541 e. The van der Waals surface area contributed by atoms with Crippen LogP contribution < -0.4 is 0 Å². The Bertz CT molecular complexity index is 3530. The van der Waals surface area contributed by atoms with Crippen LogP contribution in [0.1, 0.15) is 25.0 Å². The van der Waals surface area contributed by atoms with E-state index in [0.29, 0.717) is 0 Å². The highest BCUT2D eigenvalue weighted by atomic mass is 79.9. The fourth-order valence-corrected chi connectivity index (χ4v) is 10.6. The zero-order valence-corrected chi connectivity index (χ0v) is 34.9. The summed E-state index contributed by atoms with van der Waals surface area (Å²) in [4.78, 5) is 0. The average molecular weight is 832 g/mol. The molecule has 0 N–H and O–H groups in total. The first kappa shape index (κ1) is 35.0. The predicted molar refractivity (Wildman–Crippen MR) is 257 cm³/mol. The van der Waals surface area contributed by atoms with Crippen LogP contribution in [0.2, 0.25) is 0 Å². The topological polar surface area (TPSA) is 9.86 Å². The number of hydrogen-bond donors (Lipinski definition) is 0. The standard InChI is InChI=1S/C57H39BrN2/c1-57(2)50-20-10-6-17-44(50)47-35-42(26-27-51(47)57)60-54-23-13-9-19-46(54)49-34-37(25-29-56(49)60)39-30-38(31-40(32-39)43-16-7-11-21-52(43)58)36-24-28-55-48(33-36)45-18-8-12-22-53(45)59(55)41-14-4-3-5-15-41/h3-35H,1-2H3. The lowest BCUT2D eigenvalue weighted by atomic mass is 9.82. The zero-order chi connectivity index (χ0) is 40.1. The largest absolute Gasteiger partial charge is 0.309 e. The molecule has 2 nitrogen and oxygen atoms in total. The Morgan fingerprint density at radius 3 is 1.48 bits per heavy atom. The van der Waals surface area contributed by atoms with Crippen LogP contribution in [0.15, 0.2) is 205 Å². The van der Waals surface area contributed by atoms with Crippen molar-refractivity contribution >= 4 is 59.5 Å². The van der Waals surface area contributed by atoms with Crippen LogP contribution in [-0.2, 0) is 5.41 Å². The molecule has 0 fully saturated rings. The van der Waals surface area contributed by atoms with Crippen LogP contribution in [0.25, 0.3) is 99.5 Å². The summed E-state index contributed by atoms with van der Waals surface area (Å²) in [5.41, 5.74) is 19.7. The second-order valence-electron chi connectivity index (χ2n) is 16.7. The summed E-state index contributed by atoms with van der Waals surface area (Å²) >= 11 is 3.89. The van der Waals surface area contributed by atoms with Crippen LogP contribution in [0.5, 0.6) is 0 Å². The first-order valence-electron chi connectivity index (χ1n) is 20.7. The highest BCUT2D eigenvalue weighted by molar-refractivity contribution is 9.10. The number of nitrogens with zero attached hydrogens (tertiary/aromatic N) is 2. The maximum absolute atomic E-state index is 3.89. The first-order chi connectivity index (χ1) is 29.4. The SMILES string of the molecule is CC1(C)c2ccccc2-c2cc(-n3c4ccccc4c4cc(-c5cc(-c6ccc7c(c6)c6ccccc6n7-c6ccccc6)cc(-c6ccccc6Br)c5)ccc43)ccc21. The summed E-state index contributed by atoms with van der Waals surface area (Å²) in [5, 5.41) is 4.98. The molecular weight excluding hydrogens is 793 g/mol. The van der Waals surface area contributed by atoms with Crippen molar-refractivity contribution in [3.8, 4) is 55.9 Å². The normalized spacial score (nSPS) is 13.1. The van der Waals surface area contributed by atoms with E-state index in [9.17, 15) is 0 Å². The fraction of sp³-hybridized carbons (Fsp3) is 0.0526. The van der Waals surface area contributed by atoms with E-state index < -0.39 is 0 Å². The van der Waals surface area contributed by atoms with E-state index >= 15 is 0 Å². The Hall–Kier alpha value is -6.94. The molecule has 0 unspecified atom stereocenters. The molecule has 0 radical (unpaired) electrons. The summed E-state index contributed by atoms with van der Waals surface area (Å²) < 4.78 is 5.91. The lowest BCUT2D eigenvalue weighted by Gasteiger charge is -2.21. The summed E-state index contributed by atoms with van der Waals surface area (Å²) in [6, 6.07) is 73.9. The third kappa shape index (κ3) is 5.25. The number of hydrogen-bond acceptors (Lipinski definition) is 0. The van der Waals surface area contributed by atoms with Gasteiger partial charge in [0.25, 0.3) is 0 Å². The third-order valence-electron chi connectivity index (χ3n) is 13.0. The van der Waals surface area contributed by atoms with Gasteiger partial charge in [0.1, 0.15) is 0 Å². The summed E-state index contributed by atoms with van der Waals surface area (Å²) in [7, 11) is 0. The molecule has 2 aromatic heterocycles. The van der Waals surface area contributed by atoms with E-state index in [4.69, 9.17) is 0 Å². The van der Waals surface area contributed by atoms with Crippen molar-refractivity contribution in [2.75, 3.05) is 0 Å². The van der Waals surface area contributed by atoms with E-state index in [1.807, 2.05) is 0 Å². The quantitative estimate of drug-likeness (QED) is 0.164. The molecule has 0 aliphatic heterocycles. The molecular formula is C57H39BrN2. The Kier molecular flexibility index (Phi) is 7.76. The van der Waals surface area contributed by atoms with Gasteiger partial charge in [-0.3, -0.25) is 0 Å². The van der Waals surface area contributed by atoms with Crippen molar-refractivity contribution in [1.82, 2.24) is 9.13 Å². The molecule has 0 spiro atoms. The van der Waals surface area contributed by atoms with Gasteiger partial charge >= 0.3 is 0 Å². The zero-order valence-electron chi connectivity index (χ0n) is 33.3. The number of para-hydroxylation sites is 3. The lowest BCUT2D eigenvalue weighted by Crippen LogP contribution is -2.14. The summed E-state index contributed by atoms with van der Waals surface area (Å²) in [5.74, 6) is 0. The molecule has 60 heavy (non-hydrogen) atoms. The molecule has 0 bridgehead atoms. The first-order valence-corrected chi connectivity index (χ1v) is 21.5. The minimum atomic E-state index is -0.0320. The number of aromatic nitrogens is 2. The molecule has 0 saturated heterocycles. The van der Waals surface area contributed by atoms with Gasteiger partial charge in [0.05, 0.1) is 22.1 Å². The molecule has 1 aliphatic carbocycles. The average Bonchev–Trinajstić information content (AvgIpc) is 3.89. The Morgan fingerprint density at radius 2 is 0.833 bits per heavy atom. The highest BCUT2D eigenvalue weighted by Crippen LogP contribution is 2.50. The molecule has 12 rings (SSSR count). The van der Waals surface area contributed by atoms with E-state index in [0.717, 1.165) is 10.2 Å².